The zero-order chi connectivity index (χ0) is 9.31. The van der Waals surface area contributed by atoms with Gasteiger partial charge < -0.3 is 11.1 Å². The van der Waals surface area contributed by atoms with Crippen LogP contribution in [-0.2, 0) is 0 Å². The molecule has 2 heterocycles. The smallest absolute Gasteiger partial charge is 0.0676 e. The summed E-state index contributed by atoms with van der Waals surface area (Å²) in [5.74, 6) is 0. The SMILES string of the molecule is CC1(N)C=NC=C2NCCCC2=C1. The van der Waals surface area contributed by atoms with Crippen LogP contribution in [0.4, 0.5) is 0 Å². The minimum atomic E-state index is -0.396. The first-order chi connectivity index (χ1) is 6.17. The fraction of sp³-hybridized carbons (Fsp3) is 0.500. The molecular formula is C10H15N3. The minimum absolute atomic E-state index is 0.396. The van der Waals surface area contributed by atoms with Gasteiger partial charge in [-0.3, -0.25) is 4.99 Å². The van der Waals surface area contributed by atoms with E-state index in [2.05, 4.69) is 16.4 Å². The number of nitrogens with one attached hydrogen (secondary N) is 1. The van der Waals surface area contributed by atoms with Crippen molar-refractivity contribution in [2.24, 2.45) is 10.7 Å². The number of fused-ring (bicyclic) bond motifs is 1. The molecule has 13 heavy (non-hydrogen) atoms. The lowest BCUT2D eigenvalue weighted by Gasteiger charge is -2.21. The third kappa shape index (κ3) is 1.80. The predicted molar refractivity (Wildman–Crippen MR) is 54.5 cm³/mol. The maximum absolute atomic E-state index is 6.00. The summed E-state index contributed by atoms with van der Waals surface area (Å²) in [5.41, 5.74) is 8.04. The van der Waals surface area contributed by atoms with E-state index in [9.17, 15) is 0 Å². The van der Waals surface area contributed by atoms with E-state index in [0.29, 0.717) is 0 Å². The molecule has 1 saturated heterocycles. The summed E-state index contributed by atoms with van der Waals surface area (Å²) in [7, 11) is 0. The minimum Gasteiger partial charge on any atom is -0.384 e. The van der Waals surface area contributed by atoms with E-state index in [0.717, 1.165) is 18.7 Å². The van der Waals surface area contributed by atoms with Gasteiger partial charge in [0.15, 0.2) is 0 Å². The third-order valence-electron chi connectivity index (χ3n) is 2.33. The molecule has 0 amide bonds. The number of piperidine rings is 1. The number of rotatable bonds is 0. The number of aliphatic imine (C=N–C) groups is 1. The molecule has 0 saturated carbocycles. The first-order valence-electron chi connectivity index (χ1n) is 4.67. The second kappa shape index (κ2) is 3.00. The Morgan fingerprint density at radius 3 is 3.31 bits per heavy atom. The molecule has 70 valence electrons. The lowest BCUT2D eigenvalue weighted by Crippen LogP contribution is -2.36. The number of hydrogen-bond acceptors (Lipinski definition) is 3. The highest BCUT2D eigenvalue weighted by Gasteiger charge is 2.19. The highest BCUT2D eigenvalue weighted by Crippen LogP contribution is 2.22. The molecule has 0 aromatic carbocycles. The molecule has 2 aliphatic rings. The van der Waals surface area contributed by atoms with Gasteiger partial charge >= 0.3 is 0 Å². The van der Waals surface area contributed by atoms with E-state index in [1.54, 1.807) is 6.21 Å². The zero-order valence-electron chi connectivity index (χ0n) is 7.88. The Kier molecular flexibility index (Phi) is 1.96. The van der Waals surface area contributed by atoms with Crippen LogP contribution in [0.1, 0.15) is 19.8 Å². The fourth-order valence-corrected chi connectivity index (χ4v) is 1.71. The molecule has 2 aliphatic heterocycles. The number of allylic oxidation sites excluding steroid dienone is 1. The maximum atomic E-state index is 6.00. The Balaban J connectivity index is 2.34. The molecule has 3 nitrogen and oxygen atoms in total. The Morgan fingerprint density at radius 1 is 1.62 bits per heavy atom. The molecule has 1 atom stereocenters. The average molecular weight is 177 g/mol. The summed E-state index contributed by atoms with van der Waals surface area (Å²) < 4.78 is 0. The van der Waals surface area contributed by atoms with Crippen molar-refractivity contribution < 1.29 is 0 Å². The van der Waals surface area contributed by atoms with Crippen molar-refractivity contribution in [3.05, 3.63) is 23.5 Å². The predicted octanol–water partition coefficient (Wildman–Crippen LogP) is 0.939. The van der Waals surface area contributed by atoms with Gasteiger partial charge in [-0.25, -0.2) is 0 Å². The van der Waals surface area contributed by atoms with Crippen LogP contribution in [0.3, 0.4) is 0 Å². The summed E-state index contributed by atoms with van der Waals surface area (Å²) in [6.07, 6.45) is 8.03. The zero-order valence-corrected chi connectivity index (χ0v) is 7.88. The molecule has 1 fully saturated rings. The molecule has 3 heteroatoms. The number of nitrogens with zero attached hydrogens (tertiary/aromatic N) is 1. The summed E-state index contributed by atoms with van der Waals surface area (Å²) in [6.45, 7) is 3.01. The quantitative estimate of drug-likeness (QED) is 0.578. The van der Waals surface area contributed by atoms with Gasteiger partial charge in [0.05, 0.1) is 11.2 Å². The number of nitrogens with two attached hydrogens (primary N) is 1. The van der Waals surface area contributed by atoms with Crippen LogP contribution in [0.2, 0.25) is 0 Å². The van der Waals surface area contributed by atoms with Crippen LogP contribution in [-0.4, -0.2) is 18.3 Å². The highest BCUT2D eigenvalue weighted by molar-refractivity contribution is 5.74. The Hall–Kier alpha value is -1.09. The molecule has 0 aromatic heterocycles. The molecule has 1 unspecified atom stereocenters. The van der Waals surface area contributed by atoms with E-state index in [-0.39, 0.29) is 0 Å². The van der Waals surface area contributed by atoms with E-state index >= 15 is 0 Å². The first-order valence-corrected chi connectivity index (χ1v) is 4.67. The van der Waals surface area contributed by atoms with Crippen LogP contribution in [0.15, 0.2) is 28.5 Å². The Bertz CT molecular complexity index is 297. The highest BCUT2D eigenvalue weighted by atomic mass is 14.9. The van der Waals surface area contributed by atoms with Crippen molar-refractivity contribution >= 4 is 6.21 Å². The van der Waals surface area contributed by atoms with Crippen molar-refractivity contribution in [3.63, 3.8) is 0 Å². The van der Waals surface area contributed by atoms with Crippen molar-refractivity contribution in [3.8, 4) is 0 Å². The van der Waals surface area contributed by atoms with Crippen molar-refractivity contribution in [1.82, 2.24) is 5.32 Å². The van der Waals surface area contributed by atoms with E-state index in [4.69, 9.17) is 5.73 Å². The van der Waals surface area contributed by atoms with E-state index in [1.165, 1.54) is 12.0 Å². The van der Waals surface area contributed by atoms with Gasteiger partial charge in [-0.2, -0.15) is 0 Å². The topological polar surface area (TPSA) is 50.4 Å². The largest absolute Gasteiger partial charge is 0.384 e. The summed E-state index contributed by atoms with van der Waals surface area (Å²) >= 11 is 0. The van der Waals surface area contributed by atoms with E-state index < -0.39 is 5.54 Å². The number of hydrogen-bond donors (Lipinski definition) is 2. The summed E-state index contributed by atoms with van der Waals surface area (Å²) in [4.78, 5) is 4.18. The van der Waals surface area contributed by atoms with Gasteiger partial charge in [-0.1, -0.05) is 6.08 Å². The Morgan fingerprint density at radius 2 is 2.46 bits per heavy atom. The molecule has 0 spiro atoms. The third-order valence-corrected chi connectivity index (χ3v) is 2.33. The molecule has 0 aliphatic carbocycles. The Labute approximate surface area is 78.4 Å². The van der Waals surface area contributed by atoms with Crippen LogP contribution < -0.4 is 11.1 Å². The van der Waals surface area contributed by atoms with Crippen LogP contribution in [0.25, 0.3) is 0 Å². The molecule has 0 radical (unpaired) electrons. The molecule has 0 bridgehead atoms. The standard InChI is InChI=1S/C10H15N3/c1-10(11)5-8-3-2-4-13-9(8)6-12-7-10/h5-7,13H,2-4,11H2,1H3. The molecular weight excluding hydrogens is 162 g/mol. The van der Waals surface area contributed by atoms with E-state index in [1.807, 2.05) is 13.1 Å². The van der Waals surface area contributed by atoms with Gasteiger partial charge in [0.1, 0.15) is 0 Å². The average Bonchev–Trinajstić information content (AvgIpc) is 2.21. The lowest BCUT2D eigenvalue weighted by molar-refractivity contribution is 0.659. The van der Waals surface area contributed by atoms with Crippen LogP contribution in [0, 0.1) is 0 Å². The van der Waals surface area contributed by atoms with Crippen LogP contribution in [0.5, 0.6) is 0 Å². The summed E-state index contributed by atoms with van der Waals surface area (Å²) in [6, 6.07) is 0. The molecule has 2 rings (SSSR count). The second-order valence-corrected chi connectivity index (χ2v) is 3.89. The van der Waals surface area contributed by atoms with Crippen LogP contribution >= 0.6 is 0 Å². The monoisotopic (exact) mass is 177 g/mol. The second-order valence-electron chi connectivity index (χ2n) is 3.89. The van der Waals surface area contributed by atoms with Crippen molar-refractivity contribution in [2.75, 3.05) is 6.54 Å². The lowest BCUT2D eigenvalue weighted by atomic mass is 9.96. The molecule has 0 aromatic rings. The maximum Gasteiger partial charge on any atom is 0.0676 e. The van der Waals surface area contributed by atoms with Gasteiger partial charge in [-0.05, 0) is 25.3 Å². The van der Waals surface area contributed by atoms with Gasteiger partial charge in [-0.15, -0.1) is 0 Å². The summed E-state index contributed by atoms with van der Waals surface area (Å²) in [5, 5.41) is 3.32. The van der Waals surface area contributed by atoms with Gasteiger partial charge in [0, 0.05) is 19.0 Å². The van der Waals surface area contributed by atoms with Gasteiger partial charge in [0.2, 0.25) is 0 Å². The van der Waals surface area contributed by atoms with Crippen molar-refractivity contribution in [2.45, 2.75) is 25.3 Å². The normalized spacial score (nSPS) is 32.5. The van der Waals surface area contributed by atoms with Crippen molar-refractivity contribution in [1.29, 1.82) is 0 Å². The first kappa shape index (κ1) is 8.51. The molecule has 3 N–H and O–H groups in total. The van der Waals surface area contributed by atoms with Gasteiger partial charge in [0.25, 0.3) is 0 Å². The fourth-order valence-electron chi connectivity index (χ4n) is 1.71.